The predicted octanol–water partition coefficient (Wildman–Crippen LogP) is 2.00. The molecule has 0 spiro atoms. The molecule has 5 nitrogen and oxygen atoms in total. The van der Waals surface area contributed by atoms with Gasteiger partial charge in [-0.05, 0) is 25.1 Å². The fraction of sp³-hybridized carbons (Fsp3) is 0.429. The van der Waals surface area contributed by atoms with Crippen LogP contribution >= 0.6 is 23.4 Å². The number of amides is 2. The zero-order valence-electron chi connectivity index (χ0n) is 11.5. The molecule has 0 aliphatic carbocycles. The summed E-state index contributed by atoms with van der Waals surface area (Å²) < 4.78 is 5.73. The summed E-state index contributed by atoms with van der Waals surface area (Å²) in [5, 5.41) is 3.21. The fourth-order valence-electron chi connectivity index (χ4n) is 2.41. The number of ether oxygens (including phenoxy) is 1. The van der Waals surface area contributed by atoms with E-state index >= 15 is 0 Å². The largest absolute Gasteiger partial charge is 0.466 e. The van der Waals surface area contributed by atoms with Gasteiger partial charge in [-0.2, -0.15) is 11.8 Å². The smallest absolute Gasteiger partial charge is 0.278 e. The van der Waals surface area contributed by atoms with E-state index in [1.807, 2.05) is 0 Å². The van der Waals surface area contributed by atoms with Crippen molar-refractivity contribution < 1.29 is 14.3 Å². The van der Waals surface area contributed by atoms with Crippen LogP contribution in [0.1, 0.15) is 6.92 Å². The Hall–Kier alpha value is -1.40. The number of thioether (sulfide) groups is 1. The van der Waals surface area contributed by atoms with Crippen molar-refractivity contribution in [2.24, 2.45) is 0 Å². The van der Waals surface area contributed by atoms with E-state index in [1.165, 1.54) is 6.92 Å². The van der Waals surface area contributed by atoms with Gasteiger partial charge in [-0.15, -0.1) is 0 Å². The minimum Gasteiger partial charge on any atom is -0.466 e. The summed E-state index contributed by atoms with van der Waals surface area (Å²) in [6.07, 6.45) is 0. The van der Waals surface area contributed by atoms with Gasteiger partial charge in [0.25, 0.3) is 17.4 Å². The number of nitrogens with zero attached hydrogens (tertiary/aromatic N) is 1. The van der Waals surface area contributed by atoms with Crippen molar-refractivity contribution in [2.45, 2.75) is 12.5 Å². The molecule has 1 aromatic carbocycles. The van der Waals surface area contributed by atoms with Gasteiger partial charge in [-0.1, -0.05) is 11.6 Å². The highest BCUT2D eigenvalue weighted by Crippen LogP contribution is 2.36. The zero-order chi connectivity index (χ0) is 15.0. The molecule has 1 N–H and O–H groups in total. The minimum absolute atomic E-state index is 0.291. The van der Waals surface area contributed by atoms with Gasteiger partial charge >= 0.3 is 0 Å². The molecule has 1 unspecified atom stereocenters. The minimum atomic E-state index is -1.52. The number of hydrogen-bond acceptors (Lipinski definition) is 4. The van der Waals surface area contributed by atoms with Crippen LogP contribution in [0, 0.1) is 0 Å². The molecule has 1 fully saturated rings. The molecule has 0 saturated carbocycles. The number of carbonyl (C=O) groups is 2. The SMILES string of the molecule is CC1(C(=O)N2CCSCC2)Oc2ccc(Cl)cc2NC1=O. The molecule has 112 valence electrons. The summed E-state index contributed by atoms with van der Waals surface area (Å²) in [7, 11) is 0. The molecule has 2 aliphatic rings. The highest BCUT2D eigenvalue weighted by atomic mass is 35.5. The third kappa shape index (κ3) is 2.58. The average molecular weight is 327 g/mol. The maximum absolute atomic E-state index is 12.7. The fourth-order valence-corrected chi connectivity index (χ4v) is 3.48. The summed E-state index contributed by atoms with van der Waals surface area (Å²) in [6.45, 7) is 2.80. The van der Waals surface area contributed by atoms with E-state index < -0.39 is 11.5 Å². The van der Waals surface area contributed by atoms with Crippen LogP contribution in [0.4, 0.5) is 5.69 Å². The third-order valence-corrected chi connectivity index (χ3v) is 4.82. The number of halogens is 1. The lowest BCUT2D eigenvalue weighted by molar-refractivity contribution is -0.154. The molecular formula is C14H15ClN2O3S. The second-order valence-corrected chi connectivity index (χ2v) is 6.80. The van der Waals surface area contributed by atoms with Gasteiger partial charge < -0.3 is 15.0 Å². The lowest BCUT2D eigenvalue weighted by Gasteiger charge is -2.38. The standard InChI is InChI=1S/C14H15ClN2O3S/c1-14(13(19)17-4-6-21-7-5-17)12(18)16-10-8-9(15)2-3-11(10)20-14/h2-3,8H,4-7H2,1H3,(H,16,18). The normalized spacial score (nSPS) is 24.9. The number of anilines is 1. The van der Waals surface area contributed by atoms with Crippen molar-refractivity contribution in [3.05, 3.63) is 23.2 Å². The van der Waals surface area contributed by atoms with E-state index in [-0.39, 0.29) is 5.91 Å². The molecule has 1 aromatic rings. The number of hydrogen-bond donors (Lipinski definition) is 1. The van der Waals surface area contributed by atoms with Crippen molar-refractivity contribution >= 4 is 40.9 Å². The van der Waals surface area contributed by atoms with Crippen LogP contribution in [0.15, 0.2) is 18.2 Å². The Balaban J connectivity index is 1.88. The Bertz CT molecular complexity index is 604. The van der Waals surface area contributed by atoms with Gasteiger partial charge in [0.2, 0.25) is 0 Å². The van der Waals surface area contributed by atoms with Crippen molar-refractivity contribution in [3.63, 3.8) is 0 Å². The van der Waals surface area contributed by atoms with Crippen LogP contribution in [0.25, 0.3) is 0 Å². The number of rotatable bonds is 1. The molecule has 7 heteroatoms. The quantitative estimate of drug-likeness (QED) is 0.802. The van der Waals surface area contributed by atoms with E-state index in [2.05, 4.69) is 5.32 Å². The van der Waals surface area contributed by atoms with E-state index in [4.69, 9.17) is 16.3 Å². The van der Waals surface area contributed by atoms with Crippen LogP contribution in [-0.4, -0.2) is 46.9 Å². The average Bonchev–Trinajstić information content (AvgIpc) is 2.49. The van der Waals surface area contributed by atoms with Gasteiger partial charge in [0.1, 0.15) is 5.75 Å². The summed E-state index contributed by atoms with van der Waals surface area (Å²) >= 11 is 7.70. The van der Waals surface area contributed by atoms with E-state index in [1.54, 1.807) is 34.9 Å². The van der Waals surface area contributed by atoms with Crippen molar-refractivity contribution in [3.8, 4) is 5.75 Å². The van der Waals surface area contributed by atoms with Crippen LogP contribution in [0.2, 0.25) is 5.02 Å². The summed E-state index contributed by atoms with van der Waals surface area (Å²) in [5.74, 6) is 1.48. The van der Waals surface area contributed by atoms with Crippen molar-refractivity contribution in [1.29, 1.82) is 0 Å². The topological polar surface area (TPSA) is 58.6 Å². The number of fused-ring (bicyclic) bond motifs is 1. The lowest BCUT2D eigenvalue weighted by atomic mass is 10.0. The molecule has 1 saturated heterocycles. The maximum Gasteiger partial charge on any atom is 0.278 e. The van der Waals surface area contributed by atoms with Gasteiger partial charge in [-0.25, -0.2) is 0 Å². The summed E-state index contributed by atoms with van der Waals surface area (Å²) in [4.78, 5) is 26.7. The first-order chi connectivity index (χ1) is 10.0. The Morgan fingerprint density at radius 3 is 2.86 bits per heavy atom. The molecule has 3 rings (SSSR count). The second kappa shape index (κ2) is 5.42. The van der Waals surface area contributed by atoms with Crippen molar-refractivity contribution in [1.82, 2.24) is 4.90 Å². The molecule has 2 aliphatic heterocycles. The van der Waals surface area contributed by atoms with Crippen molar-refractivity contribution in [2.75, 3.05) is 29.9 Å². The Morgan fingerprint density at radius 1 is 1.43 bits per heavy atom. The number of benzene rings is 1. The molecule has 2 amide bonds. The van der Waals surface area contributed by atoms with Gasteiger partial charge in [-0.3, -0.25) is 9.59 Å². The first kappa shape index (κ1) is 14.5. The predicted molar refractivity (Wildman–Crippen MR) is 83.0 cm³/mol. The summed E-state index contributed by atoms with van der Waals surface area (Å²) in [6, 6.07) is 4.94. The molecule has 0 aromatic heterocycles. The maximum atomic E-state index is 12.7. The van der Waals surface area contributed by atoms with Crippen LogP contribution < -0.4 is 10.1 Å². The van der Waals surface area contributed by atoms with Crippen LogP contribution in [0.5, 0.6) is 5.75 Å². The highest BCUT2D eigenvalue weighted by Gasteiger charge is 2.49. The van der Waals surface area contributed by atoms with Crippen LogP contribution in [-0.2, 0) is 9.59 Å². The van der Waals surface area contributed by atoms with E-state index in [9.17, 15) is 9.59 Å². The monoisotopic (exact) mass is 326 g/mol. The zero-order valence-corrected chi connectivity index (χ0v) is 13.1. The molecule has 0 radical (unpaired) electrons. The molecular weight excluding hydrogens is 312 g/mol. The first-order valence-corrected chi connectivity index (χ1v) is 8.21. The Kier molecular flexibility index (Phi) is 3.75. The van der Waals surface area contributed by atoms with Gasteiger partial charge in [0.05, 0.1) is 5.69 Å². The molecule has 21 heavy (non-hydrogen) atoms. The Morgan fingerprint density at radius 2 is 2.14 bits per heavy atom. The number of carbonyl (C=O) groups excluding carboxylic acids is 2. The molecule has 0 bridgehead atoms. The van der Waals surface area contributed by atoms with Gasteiger partial charge in [0, 0.05) is 29.6 Å². The molecule has 2 heterocycles. The van der Waals surface area contributed by atoms with E-state index in [0.717, 1.165) is 11.5 Å². The molecule has 1 atom stereocenters. The van der Waals surface area contributed by atoms with E-state index in [0.29, 0.717) is 29.5 Å². The lowest BCUT2D eigenvalue weighted by Crippen LogP contribution is -2.60. The third-order valence-electron chi connectivity index (χ3n) is 3.64. The van der Waals surface area contributed by atoms with Crippen LogP contribution in [0.3, 0.4) is 0 Å². The summed E-state index contributed by atoms with van der Waals surface area (Å²) in [5.41, 5.74) is -1.03. The number of nitrogens with one attached hydrogen (secondary N) is 1. The highest BCUT2D eigenvalue weighted by molar-refractivity contribution is 7.99. The van der Waals surface area contributed by atoms with Gasteiger partial charge in [0.15, 0.2) is 0 Å². The first-order valence-electron chi connectivity index (χ1n) is 6.68. The second-order valence-electron chi connectivity index (χ2n) is 5.13. The Labute approximate surface area is 132 Å².